The number of amides is 1. The van der Waals surface area contributed by atoms with Crippen molar-refractivity contribution in [3.05, 3.63) is 53.2 Å². The number of thiophene rings is 1. The van der Waals surface area contributed by atoms with Crippen molar-refractivity contribution < 1.29 is 9.18 Å². The van der Waals surface area contributed by atoms with Gasteiger partial charge in [0.15, 0.2) is 0 Å². The normalized spacial score (nSPS) is 18.2. The first-order chi connectivity index (χ1) is 11.6. The van der Waals surface area contributed by atoms with Gasteiger partial charge in [0.2, 0.25) is 0 Å². The molecule has 3 aromatic rings. The molecule has 124 valence electrons. The van der Waals surface area contributed by atoms with Crippen molar-refractivity contribution in [2.24, 2.45) is 0 Å². The number of aryl methyl sites for hydroxylation is 1. The maximum Gasteiger partial charge on any atom is 0.264 e. The summed E-state index contributed by atoms with van der Waals surface area (Å²) < 4.78 is 16.4. The van der Waals surface area contributed by atoms with Gasteiger partial charge in [0, 0.05) is 30.2 Å². The number of rotatable bonds is 2. The first-order valence-electron chi connectivity index (χ1n) is 8.09. The minimum absolute atomic E-state index is 0.0408. The first-order valence-corrected chi connectivity index (χ1v) is 8.91. The summed E-state index contributed by atoms with van der Waals surface area (Å²) in [5.74, 6) is 0.749. The molecule has 1 fully saturated rings. The highest BCUT2D eigenvalue weighted by Gasteiger charge is 2.27. The largest absolute Gasteiger partial charge is 0.336 e. The summed E-state index contributed by atoms with van der Waals surface area (Å²) in [6.45, 7) is 3.45. The number of carbonyl (C=O) groups excluding carboxylic acids is 1. The van der Waals surface area contributed by atoms with Crippen molar-refractivity contribution in [1.29, 1.82) is 0 Å². The van der Waals surface area contributed by atoms with E-state index in [0.29, 0.717) is 11.4 Å². The minimum atomic E-state index is -0.270. The average molecular weight is 343 g/mol. The van der Waals surface area contributed by atoms with Crippen LogP contribution < -0.4 is 0 Å². The fraction of sp³-hybridized carbons (Fsp3) is 0.333. The lowest BCUT2D eigenvalue weighted by molar-refractivity contribution is 0.0683. The lowest BCUT2D eigenvalue weighted by Crippen LogP contribution is -2.40. The average Bonchev–Trinajstić information content (AvgIpc) is 3.20. The number of hydrogen-bond acceptors (Lipinski definition) is 3. The topological polar surface area (TPSA) is 38.1 Å². The van der Waals surface area contributed by atoms with E-state index in [1.807, 2.05) is 18.0 Å². The van der Waals surface area contributed by atoms with Crippen molar-refractivity contribution in [1.82, 2.24) is 14.5 Å². The molecule has 4 nitrogen and oxygen atoms in total. The second-order valence-electron chi connectivity index (χ2n) is 6.22. The number of carbonyl (C=O) groups is 1. The number of fused-ring (bicyclic) bond motifs is 1. The molecule has 1 aliphatic rings. The Labute approximate surface area is 143 Å². The number of imidazole rings is 1. The predicted molar refractivity (Wildman–Crippen MR) is 92.9 cm³/mol. The van der Waals surface area contributed by atoms with E-state index in [1.54, 1.807) is 18.3 Å². The number of nitrogens with zero attached hydrogens (tertiary/aromatic N) is 3. The van der Waals surface area contributed by atoms with Gasteiger partial charge in [-0.15, -0.1) is 11.3 Å². The van der Waals surface area contributed by atoms with E-state index < -0.39 is 0 Å². The van der Waals surface area contributed by atoms with Gasteiger partial charge >= 0.3 is 0 Å². The highest BCUT2D eigenvalue weighted by molar-refractivity contribution is 7.20. The van der Waals surface area contributed by atoms with Crippen LogP contribution in [0.25, 0.3) is 10.1 Å². The quantitative estimate of drug-likeness (QED) is 0.705. The van der Waals surface area contributed by atoms with Crippen LogP contribution in [-0.2, 0) is 0 Å². The fourth-order valence-electron chi connectivity index (χ4n) is 3.42. The molecule has 0 spiro atoms. The molecule has 0 radical (unpaired) electrons. The lowest BCUT2D eigenvalue weighted by atomic mass is 10.1. The third kappa shape index (κ3) is 2.71. The smallest absolute Gasteiger partial charge is 0.264 e. The monoisotopic (exact) mass is 343 g/mol. The zero-order valence-electron chi connectivity index (χ0n) is 13.4. The fourth-order valence-corrected chi connectivity index (χ4v) is 4.43. The van der Waals surface area contributed by atoms with Crippen LogP contribution in [0.5, 0.6) is 0 Å². The molecule has 1 aromatic carbocycles. The van der Waals surface area contributed by atoms with Gasteiger partial charge < -0.3 is 9.47 Å². The third-order valence-electron chi connectivity index (χ3n) is 4.63. The van der Waals surface area contributed by atoms with E-state index in [2.05, 4.69) is 9.55 Å². The van der Waals surface area contributed by atoms with E-state index >= 15 is 0 Å². The number of halogens is 1. The number of aromatic nitrogens is 2. The molecule has 3 heterocycles. The molecule has 1 saturated heterocycles. The van der Waals surface area contributed by atoms with E-state index in [9.17, 15) is 9.18 Å². The van der Waals surface area contributed by atoms with Gasteiger partial charge in [-0.1, -0.05) is 0 Å². The van der Waals surface area contributed by atoms with Crippen LogP contribution in [0.15, 0.2) is 36.7 Å². The molecule has 4 rings (SSSR count). The molecule has 0 N–H and O–H groups in total. The van der Waals surface area contributed by atoms with E-state index in [0.717, 1.165) is 35.3 Å². The second-order valence-corrected chi connectivity index (χ2v) is 7.31. The van der Waals surface area contributed by atoms with E-state index in [1.165, 1.54) is 23.5 Å². The maximum absolute atomic E-state index is 13.3. The molecule has 2 aromatic heterocycles. The Morgan fingerprint density at radius 2 is 2.25 bits per heavy atom. The van der Waals surface area contributed by atoms with Crippen LogP contribution in [0, 0.1) is 12.7 Å². The van der Waals surface area contributed by atoms with E-state index in [4.69, 9.17) is 0 Å². The predicted octanol–water partition coefficient (Wildman–Crippen LogP) is 4.02. The maximum atomic E-state index is 13.3. The molecule has 1 amide bonds. The Balaban J connectivity index is 1.57. The number of hydrogen-bond donors (Lipinski definition) is 0. The molecule has 0 saturated carbocycles. The van der Waals surface area contributed by atoms with E-state index in [-0.39, 0.29) is 17.8 Å². The molecular formula is C18H18FN3OS. The van der Waals surface area contributed by atoms with Gasteiger partial charge in [-0.25, -0.2) is 9.37 Å². The second kappa shape index (κ2) is 6.02. The Hall–Kier alpha value is -2.21. The summed E-state index contributed by atoms with van der Waals surface area (Å²) in [4.78, 5) is 19.7. The van der Waals surface area contributed by atoms with Gasteiger partial charge in [-0.3, -0.25) is 4.79 Å². The van der Waals surface area contributed by atoms with Crippen molar-refractivity contribution >= 4 is 27.3 Å². The molecule has 6 heteroatoms. The minimum Gasteiger partial charge on any atom is -0.336 e. The Kier molecular flexibility index (Phi) is 3.84. The lowest BCUT2D eigenvalue weighted by Gasteiger charge is -2.33. The van der Waals surface area contributed by atoms with Gasteiger partial charge in [0.1, 0.15) is 11.6 Å². The number of likely N-dealkylation sites (tertiary alicyclic amines) is 1. The van der Waals surface area contributed by atoms with Crippen LogP contribution in [0.4, 0.5) is 4.39 Å². The standard InChI is InChI=1S/C18H18FN3OS/c1-12-20-6-8-22(12)15-3-2-7-21(11-15)18(23)17-10-13-9-14(19)4-5-16(13)24-17/h4-6,8-10,15H,2-3,7,11H2,1H3/t15-/m0/s1. The Morgan fingerprint density at radius 1 is 1.38 bits per heavy atom. The van der Waals surface area contributed by atoms with Crippen LogP contribution in [0.2, 0.25) is 0 Å². The number of piperidine rings is 1. The molecule has 1 aliphatic heterocycles. The van der Waals surface area contributed by atoms with Crippen LogP contribution in [-0.4, -0.2) is 33.4 Å². The molecular weight excluding hydrogens is 325 g/mol. The van der Waals surface area contributed by atoms with Gasteiger partial charge in [-0.2, -0.15) is 0 Å². The number of benzene rings is 1. The third-order valence-corrected chi connectivity index (χ3v) is 5.73. The molecule has 1 atom stereocenters. The molecule has 0 bridgehead atoms. The SMILES string of the molecule is Cc1nccn1[C@H]1CCCN(C(=O)c2cc3cc(F)ccc3s2)C1. The highest BCUT2D eigenvalue weighted by Crippen LogP contribution is 2.29. The van der Waals surface area contributed by atoms with Crippen LogP contribution >= 0.6 is 11.3 Å². The summed E-state index contributed by atoms with van der Waals surface area (Å²) in [5, 5.41) is 0.794. The van der Waals surface area contributed by atoms with Crippen molar-refractivity contribution in [2.45, 2.75) is 25.8 Å². The summed E-state index contributed by atoms with van der Waals surface area (Å²) in [5.41, 5.74) is 0. The van der Waals surface area contributed by atoms with Gasteiger partial charge in [-0.05, 0) is 49.4 Å². The molecule has 24 heavy (non-hydrogen) atoms. The van der Waals surface area contributed by atoms with Crippen LogP contribution in [0.3, 0.4) is 0 Å². The summed E-state index contributed by atoms with van der Waals surface area (Å²) in [7, 11) is 0. The zero-order chi connectivity index (χ0) is 16.7. The van der Waals surface area contributed by atoms with Crippen molar-refractivity contribution in [3.63, 3.8) is 0 Å². The highest BCUT2D eigenvalue weighted by atomic mass is 32.1. The zero-order valence-corrected chi connectivity index (χ0v) is 14.2. The Bertz CT molecular complexity index is 901. The van der Waals surface area contributed by atoms with Crippen molar-refractivity contribution in [2.75, 3.05) is 13.1 Å². The summed E-state index contributed by atoms with van der Waals surface area (Å²) >= 11 is 1.43. The van der Waals surface area contributed by atoms with Crippen molar-refractivity contribution in [3.8, 4) is 0 Å². The van der Waals surface area contributed by atoms with Crippen LogP contribution in [0.1, 0.15) is 34.4 Å². The Morgan fingerprint density at radius 3 is 3.04 bits per heavy atom. The molecule has 0 aliphatic carbocycles. The summed E-state index contributed by atoms with van der Waals surface area (Å²) in [6, 6.07) is 6.73. The summed E-state index contributed by atoms with van der Waals surface area (Å²) in [6.07, 6.45) is 5.82. The first kappa shape index (κ1) is 15.3. The van der Waals surface area contributed by atoms with Gasteiger partial charge in [0.05, 0.1) is 10.9 Å². The molecule has 0 unspecified atom stereocenters. The van der Waals surface area contributed by atoms with Gasteiger partial charge in [0.25, 0.3) is 5.91 Å².